The molecule has 1 nitrogen and oxygen atoms in total. The minimum Gasteiger partial charge on any atom is -0.455 e. The Hall–Kier alpha value is -7.26. The standard InChI is InChI=1S/C56H32OS/c1-2-16-34-33(14-1)15-13-26-40(34)52-42-22-7-9-24-44(42)53(45-25-10-8-23-43(45)52)46-29-28-38(35-17-3-4-18-36(35)46)48-32-51-54(41-21-6-5-19-37(41)48)55-50(58-51)31-30-47-39-20-11-12-27-49(39)57-56(47)55/h1-32H. The molecule has 2 aromatic heterocycles. The third-order valence-corrected chi connectivity index (χ3v) is 13.6. The van der Waals surface area contributed by atoms with Crippen molar-refractivity contribution >= 4 is 107 Å². The molecule has 13 aromatic rings. The molecule has 0 N–H and O–H groups in total. The SMILES string of the molecule is c1ccc2c(-c3c4ccccc4c(-c4ccc(-c5cc6sc7ccc8c9ccccc9oc8c7c6c6ccccc56)c5ccccc45)c4ccccc34)cccc2c1. The van der Waals surface area contributed by atoms with Gasteiger partial charge in [-0.1, -0.05) is 170 Å². The second kappa shape index (κ2) is 12.1. The van der Waals surface area contributed by atoms with E-state index in [2.05, 4.69) is 194 Å². The van der Waals surface area contributed by atoms with Gasteiger partial charge in [-0.15, -0.1) is 11.3 Å². The predicted octanol–water partition coefficient (Wildman–Crippen LogP) is 16.7. The summed E-state index contributed by atoms with van der Waals surface area (Å²) in [7, 11) is 0. The predicted molar refractivity (Wildman–Crippen MR) is 250 cm³/mol. The molecule has 0 radical (unpaired) electrons. The molecule has 0 aliphatic heterocycles. The van der Waals surface area contributed by atoms with Gasteiger partial charge in [0.15, 0.2) is 0 Å². The van der Waals surface area contributed by atoms with Crippen molar-refractivity contribution in [2.75, 3.05) is 0 Å². The maximum atomic E-state index is 6.63. The van der Waals surface area contributed by atoms with E-state index < -0.39 is 0 Å². The highest BCUT2D eigenvalue weighted by Crippen LogP contribution is 2.50. The minimum atomic E-state index is 0.931. The molecule has 0 saturated heterocycles. The first-order valence-electron chi connectivity index (χ1n) is 19.9. The number of hydrogen-bond donors (Lipinski definition) is 0. The molecule has 0 spiro atoms. The molecular weight excluding hydrogens is 721 g/mol. The highest BCUT2D eigenvalue weighted by atomic mass is 32.1. The molecule has 0 saturated carbocycles. The molecule has 268 valence electrons. The molecule has 0 atom stereocenters. The molecule has 0 unspecified atom stereocenters. The summed E-state index contributed by atoms with van der Waals surface area (Å²) in [5.41, 5.74) is 9.47. The first-order chi connectivity index (χ1) is 28.8. The molecule has 0 amide bonds. The van der Waals surface area contributed by atoms with E-state index in [4.69, 9.17) is 4.42 Å². The summed E-state index contributed by atoms with van der Waals surface area (Å²) in [5, 5.41) is 17.4. The van der Waals surface area contributed by atoms with Crippen LogP contribution in [0.4, 0.5) is 0 Å². The van der Waals surface area contributed by atoms with Crippen molar-refractivity contribution in [2.45, 2.75) is 0 Å². The van der Waals surface area contributed by atoms with Gasteiger partial charge in [-0.05, 0) is 112 Å². The van der Waals surface area contributed by atoms with Gasteiger partial charge < -0.3 is 4.42 Å². The highest BCUT2D eigenvalue weighted by Gasteiger charge is 2.22. The summed E-state index contributed by atoms with van der Waals surface area (Å²) in [5.74, 6) is 0. The number of hydrogen-bond acceptors (Lipinski definition) is 2. The van der Waals surface area contributed by atoms with Crippen LogP contribution in [-0.4, -0.2) is 0 Å². The van der Waals surface area contributed by atoms with Gasteiger partial charge in [0.05, 0.1) is 0 Å². The zero-order valence-corrected chi connectivity index (χ0v) is 32.1. The molecule has 0 aliphatic carbocycles. The quantitative estimate of drug-likeness (QED) is 0.164. The third-order valence-electron chi connectivity index (χ3n) is 12.5. The van der Waals surface area contributed by atoms with E-state index in [-0.39, 0.29) is 0 Å². The van der Waals surface area contributed by atoms with Gasteiger partial charge in [0.2, 0.25) is 0 Å². The molecule has 58 heavy (non-hydrogen) atoms. The van der Waals surface area contributed by atoms with E-state index in [1.807, 2.05) is 11.3 Å². The molecule has 0 aliphatic rings. The number of fused-ring (bicyclic) bond motifs is 13. The van der Waals surface area contributed by atoms with Crippen molar-refractivity contribution in [3.8, 4) is 33.4 Å². The van der Waals surface area contributed by atoms with Crippen LogP contribution in [0.2, 0.25) is 0 Å². The lowest BCUT2D eigenvalue weighted by Gasteiger charge is -2.20. The Morgan fingerprint density at radius 2 is 0.793 bits per heavy atom. The highest BCUT2D eigenvalue weighted by molar-refractivity contribution is 7.26. The minimum absolute atomic E-state index is 0.931. The molecule has 0 fully saturated rings. The van der Waals surface area contributed by atoms with Crippen LogP contribution in [0.15, 0.2) is 199 Å². The molecule has 11 aromatic carbocycles. The fourth-order valence-corrected chi connectivity index (χ4v) is 11.2. The lowest BCUT2D eigenvalue weighted by Crippen LogP contribution is -1.93. The van der Waals surface area contributed by atoms with Crippen molar-refractivity contribution < 1.29 is 4.42 Å². The average Bonchev–Trinajstić information content (AvgIpc) is 3.86. The van der Waals surface area contributed by atoms with E-state index in [0.29, 0.717) is 0 Å². The Bertz CT molecular complexity index is 3800. The maximum absolute atomic E-state index is 6.63. The average molecular weight is 753 g/mol. The maximum Gasteiger partial charge on any atom is 0.144 e. The van der Waals surface area contributed by atoms with E-state index in [1.165, 1.54) is 113 Å². The number of furan rings is 1. The van der Waals surface area contributed by atoms with Gasteiger partial charge in [0, 0.05) is 30.9 Å². The zero-order chi connectivity index (χ0) is 37.9. The molecule has 2 heterocycles. The fourth-order valence-electron chi connectivity index (χ4n) is 10.0. The van der Waals surface area contributed by atoms with Crippen LogP contribution in [0, 0.1) is 0 Å². The molecule has 2 heteroatoms. The van der Waals surface area contributed by atoms with Crippen LogP contribution >= 0.6 is 11.3 Å². The first kappa shape index (κ1) is 31.9. The van der Waals surface area contributed by atoms with Crippen LogP contribution in [0.1, 0.15) is 0 Å². The summed E-state index contributed by atoms with van der Waals surface area (Å²) in [4.78, 5) is 0. The van der Waals surface area contributed by atoms with Gasteiger partial charge in [-0.25, -0.2) is 0 Å². The number of rotatable bonds is 3. The second-order valence-electron chi connectivity index (χ2n) is 15.4. The van der Waals surface area contributed by atoms with Crippen molar-refractivity contribution in [2.24, 2.45) is 0 Å². The summed E-state index contributed by atoms with van der Waals surface area (Å²) in [6.45, 7) is 0. The Labute approximate surface area is 337 Å². The van der Waals surface area contributed by atoms with Gasteiger partial charge in [-0.2, -0.15) is 0 Å². The van der Waals surface area contributed by atoms with E-state index >= 15 is 0 Å². The summed E-state index contributed by atoms with van der Waals surface area (Å²) in [6.07, 6.45) is 0. The lowest BCUT2D eigenvalue weighted by atomic mass is 9.82. The number of thiophene rings is 1. The largest absolute Gasteiger partial charge is 0.455 e. The number of benzene rings is 11. The Kier molecular flexibility index (Phi) is 6.66. The third kappa shape index (κ3) is 4.41. The smallest absolute Gasteiger partial charge is 0.144 e. The van der Waals surface area contributed by atoms with Gasteiger partial charge in [0.1, 0.15) is 11.2 Å². The molecular formula is C56H32OS. The van der Waals surface area contributed by atoms with Gasteiger partial charge in [0.25, 0.3) is 0 Å². The van der Waals surface area contributed by atoms with Crippen molar-refractivity contribution in [1.29, 1.82) is 0 Å². The van der Waals surface area contributed by atoms with Gasteiger partial charge >= 0.3 is 0 Å². The topological polar surface area (TPSA) is 13.1 Å². The summed E-state index contributed by atoms with van der Waals surface area (Å²) >= 11 is 1.86. The fraction of sp³-hybridized carbons (Fsp3) is 0. The van der Waals surface area contributed by atoms with E-state index in [0.717, 1.165) is 16.6 Å². The van der Waals surface area contributed by atoms with Crippen LogP contribution in [-0.2, 0) is 0 Å². The zero-order valence-electron chi connectivity index (χ0n) is 31.3. The first-order valence-corrected chi connectivity index (χ1v) is 20.7. The van der Waals surface area contributed by atoms with E-state index in [9.17, 15) is 0 Å². The van der Waals surface area contributed by atoms with Gasteiger partial charge in [-0.3, -0.25) is 0 Å². The monoisotopic (exact) mass is 752 g/mol. The summed E-state index contributed by atoms with van der Waals surface area (Å²) < 4.78 is 9.14. The van der Waals surface area contributed by atoms with E-state index in [1.54, 1.807) is 0 Å². The molecule has 13 rings (SSSR count). The number of para-hydroxylation sites is 1. The van der Waals surface area contributed by atoms with Crippen LogP contribution in [0.3, 0.4) is 0 Å². The Morgan fingerprint density at radius 1 is 0.293 bits per heavy atom. The van der Waals surface area contributed by atoms with Crippen LogP contribution < -0.4 is 0 Å². The van der Waals surface area contributed by atoms with Crippen molar-refractivity contribution in [1.82, 2.24) is 0 Å². The normalized spacial score (nSPS) is 12.1. The van der Waals surface area contributed by atoms with Crippen molar-refractivity contribution in [3.63, 3.8) is 0 Å². The Morgan fingerprint density at radius 3 is 1.48 bits per heavy atom. The summed E-state index contributed by atoms with van der Waals surface area (Å²) in [6, 6.07) is 71.5. The second-order valence-corrected chi connectivity index (χ2v) is 16.5. The lowest BCUT2D eigenvalue weighted by molar-refractivity contribution is 0.673. The molecule has 0 bridgehead atoms. The van der Waals surface area contributed by atoms with Crippen LogP contribution in [0.25, 0.3) is 129 Å². The van der Waals surface area contributed by atoms with Crippen LogP contribution in [0.5, 0.6) is 0 Å². The Balaban J connectivity index is 1.09. The van der Waals surface area contributed by atoms with Crippen molar-refractivity contribution in [3.05, 3.63) is 194 Å².